The molecule has 0 aromatic carbocycles. The van der Waals surface area contributed by atoms with Crippen LogP contribution in [0.25, 0.3) is 0 Å². The number of ketones is 1. The van der Waals surface area contributed by atoms with Gasteiger partial charge in [-0.1, -0.05) is 60.0 Å². The fraction of sp³-hybridized carbons (Fsp3) is 0.622. The lowest BCUT2D eigenvalue weighted by Gasteiger charge is -2.39. The number of nitrogens with zero attached hydrogens (tertiary/aromatic N) is 3. The van der Waals surface area contributed by atoms with Crippen LogP contribution in [0, 0.1) is 40.9 Å². The first-order valence-corrected chi connectivity index (χ1v) is 17.5. The highest BCUT2D eigenvalue weighted by atomic mass is 16.2. The summed E-state index contributed by atoms with van der Waals surface area (Å²) >= 11 is 0. The van der Waals surface area contributed by atoms with E-state index in [9.17, 15) is 28.8 Å². The minimum Gasteiger partial charge on any atom is -0.346 e. The molecular weight excluding hydrogens is 638 g/mol. The molecule has 13 nitrogen and oxygen atoms in total. The molecule has 4 N–H and O–H groups in total. The Morgan fingerprint density at radius 3 is 2.38 bits per heavy atom. The number of hydrogen-bond acceptors (Lipinski definition) is 8. The van der Waals surface area contributed by atoms with E-state index in [1.165, 1.54) is 29.6 Å². The zero-order chi connectivity index (χ0) is 36.8. The number of hydrogen-bond donors (Lipinski definition) is 4. The van der Waals surface area contributed by atoms with Crippen LogP contribution < -0.4 is 21.3 Å². The highest BCUT2D eigenvalue weighted by Crippen LogP contribution is 2.65. The average Bonchev–Trinajstić information content (AvgIpc) is 3.39. The summed E-state index contributed by atoms with van der Waals surface area (Å²) < 4.78 is 0. The van der Waals surface area contributed by atoms with Crippen LogP contribution in [0.1, 0.15) is 90.1 Å². The van der Waals surface area contributed by atoms with E-state index in [0.29, 0.717) is 0 Å². The van der Waals surface area contributed by atoms with Crippen molar-refractivity contribution in [1.29, 1.82) is 0 Å². The molecular formula is C37H51N7O6. The van der Waals surface area contributed by atoms with Crippen molar-refractivity contribution in [2.75, 3.05) is 13.1 Å². The molecule has 0 bridgehead atoms. The molecule has 1 aliphatic heterocycles. The summed E-state index contributed by atoms with van der Waals surface area (Å²) in [6.45, 7) is 13.5. The van der Waals surface area contributed by atoms with Crippen LogP contribution in [0.3, 0.4) is 0 Å². The van der Waals surface area contributed by atoms with Crippen LogP contribution in [0.4, 0.5) is 0 Å². The minimum absolute atomic E-state index is 0.0236. The van der Waals surface area contributed by atoms with Crippen molar-refractivity contribution in [3.8, 4) is 12.3 Å². The van der Waals surface area contributed by atoms with Gasteiger partial charge in [-0.3, -0.25) is 33.8 Å². The van der Waals surface area contributed by atoms with Crippen LogP contribution in [0.2, 0.25) is 0 Å². The topological polar surface area (TPSA) is 180 Å². The highest BCUT2D eigenvalue weighted by molar-refractivity contribution is 6.38. The number of Topliss-reactive ketones (excluding diaryl/α,β-unsaturated/α-hetero) is 1. The van der Waals surface area contributed by atoms with Crippen LogP contribution in [0.15, 0.2) is 31.2 Å². The van der Waals surface area contributed by atoms with Crippen molar-refractivity contribution in [3.05, 3.63) is 36.9 Å². The first-order chi connectivity index (χ1) is 23.6. The van der Waals surface area contributed by atoms with E-state index in [2.05, 4.69) is 43.7 Å². The Kier molecular flexibility index (Phi) is 12.2. The normalized spacial score (nSPS) is 22.8. The number of aromatic nitrogens is 2. The number of likely N-dealkylation sites (tertiary alicyclic amines) is 1. The monoisotopic (exact) mass is 689 g/mol. The fourth-order valence-electron chi connectivity index (χ4n) is 7.52. The molecule has 0 spiro atoms. The smallest absolute Gasteiger partial charge is 0.289 e. The van der Waals surface area contributed by atoms with Gasteiger partial charge < -0.3 is 26.2 Å². The largest absolute Gasteiger partial charge is 0.346 e. The number of rotatable bonds is 14. The third-order valence-electron chi connectivity index (χ3n) is 10.5. The molecule has 2 aliphatic carbocycles. The van der Waals surface area contributed by atoms with E-state index in [4.69, 9.17) is 6.42 Å². The predicted molar refractivity (Wildman–Crippen MR) is 186 cm³/mol. The van der Waals surface area contributed by atoms with E-state index in [-0.39, 0.29) is 54.8 Å². The van der Waals surface area contributed by atoms with Gasteiger partial charge in [-0.25, -0.2) is 4.98 Å². The Morgan fingerprint density at radius 1 is 1.08 bits per heavy atom. The highest BCUT2D eigenvalue weighted by Gasteiger charge is 2.70. The third-order valence-corrected chi connectivity index (χ3v) is 10.5. The molecule has 270 valence electrons. The van der Waals surface area contributed by atoms with Crippen LogP contribution in [-0.2, 0) is 24.0 Å². The van der Waals surface area contributed by atoms with Crippen molar-refractivity contribution in [3.63, 3.8) is 0 Å². The summed E-state index contributed by atoms with van der Waals surface area (Å²) in [6, 6.07) is -4.09. The van der Waals surface area contributed by atoms with Crippen LogP contribution in [0.5, 0.6) is 0 Å². The first-order valence-electron chi connectivity index (χ1n) is 17.5. The van der Waals surface area contributed by atoms with E-state index in [1.807, 2.05) is 34.6 Å². The van der Waals surface area contributed by atoms with Gasteiger partial charge in [-0.2, -0.15) is 0 Å². The summed E-state index contributed by atoms with van der Waals surface area (Å²) in [7, 11) is 0. The van der Waals surface area contributed by atoms with Gasteiger partial charge in [0.15, 0.2) is 0 Å². The second kappa shape index (κ2) is 16.0. The van der Waals surface area contributed by atoms with E-state index in [1.54, 1.807) is 0 Å². The zero-order valence-corrected chi connectivity index (χ0v) is 29.8. The van der Waals surface area contributed by atoms with Gasteiger partial charge in [0.05, 0.1) is 12.2 Å². The lowest BCUT2D eigenvalue weighted by molar-refractivity contribution is -0.147. The van der Waals surface area contributed by atoms with E-state index >= 15 is 0 Å². The lowest BCUT2D eigenvalue weighted by Crippen LogP contribution is -2.62. The number of piperidine rings is 1. The van der Waals surface area contributed by atoms with Gasteiger partial charge in [-0.05, 0) is 47.8 Å². The van der Waals surface area contributed by atoms with Crippen molar-refractivity contribution >= 4 is 35.3 Å². The molecule has 13 heteroatoms. The summed E-state index contributed by atoms with van der Waals surface area (Å²) in [5.41, 5.74) is -0.943. The van der Waals surface area contributed by atoms with Crippen LogP contribution in [-0.4, -0.2) is 87.4 Å². The summed E-state index contributed by atoms with van der Waals surface area (Å²) in [5.74, 6) is -1.58. The molecule has 2 heterocycles. The van der Waals surface area contributed by atoms with Crippen molar-refractivity contribution < 1.29 is 28.8 Å². The molecule has 3 aliphatic rings. The van der Waals surface area contributed by atoms with Crippen molar-refractivity contribution in [2.24, 2.45) is 28.6 Å². The Morgan fingerprint density at radius 2 is 1.78 bits per heavy atom. The molecule has 3 fully saturated rings. The molecule has 6 unspecified atom stereocenters. The molecule has 6 atom stereocenters. The number of amides is 5. The number of terminal acetylenes is 1. The maximum absolute atomic E-state index is 14.5. The molecule has 50 heavy (non-hydrogen) atoms. The number of carbonyl (C=O) groups is 6. The Bertz CT molecular complexity index is 1510. The average molecular weight is 690 g/mol. The number of fused-ring (bicyclic) bond motifs is 1. The number of nitrogens with one attached hydrogen (secondary N) is 4. The van der Waals surface area contributed by atoms with E-state index in [0.717, 1.165) is 32.1 Å². The zero-order valence-electron chi connectivity index (χ0n) is 29.8. The van der Waals surface area contributed by atoms with Gasteiger partial charge in [0.25, 0.3) is 11.8 Å². The fourth-order valence-corrected chi connectivity index (χ4v) is 7.52. The SMILES string of the molecule is C#CCCC(NC(=O)C1C2C(CN1C(=O)C(NC(=O)C(NC(=O)c1cnccn1)C1CCCCC1)C(C)(C)C)C2(C)C)C(=O)C(=O)NCC=C. The molecule has 1 saturated heterocycles. The second-order valence-corrected chi connectivity index (χ2v) is 15.3. The molecule has 5 amide bonds. The summed E-state index contributed by atoms with van der Waals surface area (Å²) in [6.07, 6.45) is 15.6. The van der Waals surface area contributed by atoms with Crippen molar-refractivity contribution in [2.45, 2.75) is 104 Å². The quantitative estimate of drug-likeness (QED) is 0.130. The third kappa shape index (κ3) is 8.57. The predicted octanol–water partition coefficient (Wildman–Crippen LogP) is 1.94. The molecule has 0 radical (unpaired) electrons. The van der Waals surface area contributed by atoms with Gasteiger partial charge in [0, 0.05) is 31.9 Å². The molecule has 1 aromatic heterocycles. The Hall–Kier alpha value is -4.60. The minimum atomic E-state index is -1.19. The standard InChI is InChI=1S/C37H51N7O6/c1-8-10-16-24(29(45)34(49)40-17-9-2)41-33(48)28-26-23(37(26,6)7)21-44(28)35(50)30(36(3,4)5)43-32(47)27(22-14-12-11-13-15-22)42-31(46)25-20-38-18-19-39-25/h1,9,18-20,22-24,26-28,30H,2,10-17,21H2,3-7H3,(H,40,49)(H,41,48)(H,42,46)(H,43,47). The van der Waals surface area contributed by atoms with E-state index < -0.39 is 64.9 Å². The van der Waals surface area contributed by atoms with Gasteiger partial charge in [-0.15, -0.1) is 18.9 Å². The first kappa shape index (κ1) is 38.2. The summed E-state index contributed by atoms with van der Waals surface area (Å²) in [4.78, 5) is 91.0. The maximum atomic E-state index is 14.5. The lowest BCUT2D eigenvalue weighted by atomic mass is 9.82. The maximum Gasteiger partial charge on any atom is 0.289 e. The van der Waals surface area contributed by atoms with Gasteiger partial charge in [0.1, 0.15) is 23.8 Å². The Labute approximate surface area is 294 Å². The van der Waals surface area contributed by atoms with Gasteiger partial charge in [0.2, 0.25) is 23.5 Å². The summed E-state index contributed by atoms with van der Waals surface area (Å²) in [5, 5.41) is 11.0. The number of carbonyl (C=O) groups excluding carboxylic acids is 6. The van der Waals surface area contributed by atoms with Crippen LogP contribution >= 0.6 is 0 Å². The second-order valence-electron chi connectivity index (χ2n) is 15.3. The molecule has 2 saturated carbocycles. The molecule has 1 aromatic rings. The molecule has 4 rings (SSSR count). The Balaban J connectivity index is 1.58. The van der Waals surface area contributed by atoms with Gasteiger partial charge >= 0.3 is 0 Å². The van der Waals surface area contributed by atoms with Crippen molar-refractivity contribution in [1.82, 2.24) is 36.1 Å².